The van der Waals surface area contributed by atoms with E-state index in [-0.39, 0.29) is 11.4 Å². The molecule has 0 saturated heterocycles. The number of hydrogen-bond acceptors (Lipinski definition) is 6. The minimum Gasteiger partial charge on any atom is -0.439 e. The number of carbonyl (C=O) groups is 1. The largest absolute Gasteiger partial charge is 0.439 e. The Hall–Kier alpha value is -3.72. The third-order valence-electron chi connectivity index (χ3n) is 7.04. The summed E-state index contributed by atoms with van der Waals surface area (Å²) in [7, 11) is 0. The number of hydrogen-bond donors (Lipinski definition) is 2. The molecule has 2 aliphatic rings. The minimum absolute atomic E-state index is 0.0589. The number of nitrogens with one attached hydrogen (secondary N) is 2. The summed E-state index contributed by atoms with van der Waals surface area (Å²) >= 11 is 0. The third-order valence-corrected chi connectivity index (χ3v) is 7.04. The van der Waals surface area contributed by atoms with Gasteiger partial charge in [0.25, 0.3) is 0 Å². The number of rotatable bonds is 3. The van der Waals surface area contributed by atoms with E-state index in [1.807, 2.05) is 35.0 Å². The van der Waals surface area contributed by atoms with Crippen LogP contribution in [0.1, 0.15) is 50.1 Å². The molecule has 1 amide bonds. The Balaban J connectivity index is 1.23. The lowest BCUT2D eigenvalue weighted by atomic mass is 9.82. The number of fused-ring (bicyclic) bond motifs is 3. The fraction of sp³-hybridized carbons (Fsp3) is 0.385. The number of amides is 1. The van der Waals surface area contributed by atoms with Crippen molar-refractivity contribution >= 4 is 22.8 Å². The molecule has 0 fully saturated rings. The summed E-state index contributed by atoms with van der Waals surface area (Å²) in [5.41, 5.74) is 4.06. The maximum atomic E-state index is 13.1. The van der Waals surface area contributed by atoms with Crippen LogP contribution in [0.15, 0.2) is 42.9 Å². The Labute approximate surface area is 203 Å². The Bertz CT molecular complexity index is 1420. The van der Waals surface area contributed by atoms with Gasteiger partial charge in [-0.25, -0.2) is 14.8 Å². The van der Waals surface area contributed by atoms with Crippen LogP contribution in [-0.4, -0.2) is 36.9 Å². The molecule has 180 valence electrons. The van der Waals surface area contributed by atoms with E-state index < -0.39 is 0 Å². The molecule has 6 rings (SSSR count). The van der Waals surface area contributed by atoms with Gasteiger partial charge >= 0.3 is 6.03 Å². The van der Waals surface area contributed by atoms with E-state index in [1.54, 1.807) is 17.1 Å². The fourth-order valence-corrected chi connectivity index (χ4v) is 5.15. The molecule has 9 heteroatoms. The van der Waals surface area contributed by atoms with Crippen LogP contribution >= 0.6 is 0 Å². The molecular weight excluding hydrogens is 442 g/mol. The van der Waals surface area contributed by atoms with Crippen LogP contribution in [-0.2, 0) is 24.9 Å². The number of aryl methyl sites for hydroxylation is 1. The number of ether oxygens (including phenoxy) is 1. The molecule has 3 aromatic heterocycles. The van der Waals surface area contributed by atoms with Crippen LogP contribution in [0.4, 0.5) is 10.6 Å². The lowest BCUT2D eigenvalue weighted by molar-refractivity contribution is 0.254. The van der Waals surface area contributed by atoms with Crippen LogP contribution in [0.5, 0.6) is 11.6 Å². The van der Waals surface area contributed by atoms with Crippen molar-refractivity contribution in [2.75, 3.05) is 11.9 Å². The molecule has 0 saturated carbocycles. The van der Waals surface area contributed by atoms with Gasteiger partial charge in [0.05, 0.1) is 11.2 Å². The minimum atomic E-state index is -0.240. The van der Waals surface area contributed by atoms with E-state index in [0.29, 0.717) is 17.4 Å². The molecule has 5 heterocycles. The summed E-state index contributed by atoms with van der Waals surface area (Å²) in [4.78, 5) is 21.9. The number of nitrogens with zero attached hydrogens (tertiary/aromatic N) is 5. The standard InChI is InChI=1S/C26H29N7O2/c1-26(2)9-4-11-33-22(26)14-23(31-33)30-25(34)32-12-8-17-13-18(6-7-21(17)32)35-24-19-5-3-10-27-15-20(19)28-16-29-24/h6-8,12-14,16,27H,3-5,9-11,15H2,1-2H3,(H,30,31,34). The van der Waals surface area contributed by atoms with Gasteiger partial charge in [0.15, 0.2) is 5.82 Å². The van der Waals surface area contributed by atoms with Crippen molar-refractivity contribution in [1.29, 1.82) is 0 Å². The Morgan fingerprint density at radius 3 is 2.97 bits per heavy atom. The van der Waals surface area contributed by atoms with Gasteiger partial charge in [-0.1, -0.05) is 13.8 Å². The molecule has 0 unspecified atom stereocenters. The van der Waals surface area contributed by atoms with Crippen molar-refractivity contribution in [3.8, 4) is 11.6 Å². The molecule has 0 bridgehead atoms. The van der Waals surface area contributed by atoms with Crippen molar-refractivity contribution in [3.63, 3.8) is 0 Å². The highest BCUT2D eigenvalue weighted by atomic mass is 16.5. The summed E-state index contributed by atoms with van der Waals surface area (Å²) in [5.74, 6) is 1.86. The molecule has 1 aromatic carbocycles. The maximum Gasteiger partial charge on any atom is 0.331 e. The lowest BCUT2D eigenvalue weighted by Crippen LogP contribution is -2.27. The smallest absolute Gasteiger partial charge is 0.331 e. The molecular formula is C26H29N7O2. The molecule has 2 N–H and O–H groups in total. The first-order valence-electron chi connectivity index (χ1n) is 12.2. The monoisotopic (exact) mass is 471 g/mol. The molecule has 4 aromatic rings. The molecule has 0 radical (unpaired) electrons. The van der Waals surface area contributed by atoms with Crippen molar-refractivity contribution in [2.45, 2.75) is 58.0 Å². The second-order valence-corrected chi connectivity index (χ2v) is 9.95. The highest BCUT2D eigenvalue weighted by molar-refractivity contribution is 5.98. The van der Waals surface area contributed by atoms with Gasteiger partial charge in [-0.2, -0.15) is 5.10 Å². The number of anilines is 1. The van der Waals surface area contributed by atoms with Crippen molar-refractivity contribution in [3.05, 3.63) is 59.8 Å². The van der Waals surface area contributed by atoms with Crippen LogP contribution < -0.4 is 15.4 Å². The Morgan fingerprint density at radius 1 is 1.17 bits per heavy atom. The van der Waals surface area contributed by atoms with Crippen molar-refractivity contribution in [1.82, 2.24) is 29.6 Å². The number of benzene rings is 1. The summed E-state index contributed by atoms with van der Waals surface area (Å²) in [5, 5.41) is 11.9. The first kappa shape index (κ1) is 21.8. The average molecular weight is 472 g/mol. The second-order valence-electron chi connectivity index (χ2n) is 9.95. The number of aromatic nitrogens is 5. The highest BCUT2D eigenvalue weighted by Gasteiger charge is 2.29. The topological polar surface area (TPSA) is 98.9 Å². The van der Waals surface area contributed by atoms with E-state index in [0.717, 1.165) is 73.2 Å². The molecule has 9 nitrogen and oxygen atoms in total. The summed E-state index contributed by atoms with van der Waals surface area (Å²) in [6.07, 6.45) is 7.43. The molecule has 2 aliphatic heterocycles. The lowest BCUT2D eigenvalue weighted by Gasteiger charge is -2.30. The van der Waals surface area contributed by atoms with Crippen LogP contribution in [0.25, 0.3) is 10.9 Å². The predicted molar refractivity (Wildman–Crippen MR) is 133 cm³/mol. The van der Waals surface area contributed by atoms with Crippen LogP contribution in [0, 0.1) is 0 Å². The van der Waals surface area contributed by atoms with Gasteiger partial charge in [-0.3, -0.25) is 14.6 Å². The van der Waals surface area contributed by atoms with E-state index in [2.05, 4.69) is 39.5 Å². The van der Waals surface area contributed by atoms with Gasteiger partial charge in [0.2, 0.25) is 5.88 Å². The van der Waals surface area contributed by atoms with E-state index in [4.69, 9.17) is 4.74 Å². The zero-order chi connectivity index (χ0) is 24.0. The Kier molecular flexibility index (Phi) is 5.29. The summed E-state index contributed by atoms with van der Waals surface area (Å²) < 4.78 is 9.79. The van der Waals surface area contributed by atoms with Crippen LogP contribution in [0.3, 0.4) is 0 Å². The van der Waals surface area contributed by atoms with Crippen molar-refractivity contribution in [2.24, 2.45) is 0 Å². The van der Waals surface area contributed by atoms with Gasteiger partial charge in [0, 0.05) is 47.4 Å². The normalized spacial score (nSPS) is 16.9. The predicted octanol–water partition coefficient (Wildman–Crippen LogP) is 4.61. The summed E-state index contributed by atoms with van der Waals surface area (Å²) in [6.45, 7) is 7.01. The molecule has 0 atom stereocenters. The first-order valence-corrected chi connectivity index (χ1v) is 12.2. The van der Waals surface area contributed by atoms with Gasteiger partial charge in [-0.15, -0.1) is 0 Å². The quantitative estimate of drug-likeness (QED) is 0.453. The Morgan fingerprint density at radius 2 is 2.09 bits per heavy atom. The third kappa shape index (κ3) is 4.05. The second kappa shape index (κ2) is 8.49. The van der Waals surface area contributed by atoms with Crippen molar-refractivity contribution < 1.29 is 9.53 Å². The fourth-order valence-electron chi connectivity index (χ4n) is 5.15. The number of carbonyl (C=O) groups excluding carboxylic acids is 1. The maximum absolute atomic E-state index is 13.1. The summed E-state index contributed by atoms with van der Waals surface area (Å²) in [6, 6.07) is 9.36. The van der Waals surface area contributed by atoms with E-state index in [9.17, 15) is 4.79 Å². The average Bonchev–Trinajstić information content (AvgIpc) is 3.36. The van der Waals surface area contributed by atoms with E-state index >= 15 is 0 Å². The zero-order valence-corrected chi connectivity index (χ0v) is 20.0. The van der Waals surface area contributed by atoms with Gasteiger partial charge in [-0.05, 0) is 56.5 Å². The molecule has 35 heavy (non-hydrogen) atoms. The van der Waals surface area contributed by atoms with Crippen LogP contribution in [0.2, 0.25) is 0 Å². The highest BCUT2D eigenvalue weighted by Crippen LogP contribution is 2.34. The van der Waals surface area contributed by atoms with Gasteiger partial charge in [0.1, 0.15) is 12.1 Å². The SMILES string of the molecule is CC1(C)CCCn2nc(NC(=O)n3ccc4cc(Oc5ncnc6c5CCCNC6)ccc43)cc21. The van der Waals surface area contributed by atoms with Gasteiger partial charge < -0.3 is 10.1 Å². The first-order chi connectivity index (χ1) is 17.0. The molecule has 0 spiro atoms. The molecule has 0 aliphatic carbocycles. The van der Waals surface area contributed by atoms with E-state index in [1.165, 1.54) is 0 Å². The zero-order valence-electron chi connectivity index (χ0n) is 20.0.